The Kier molecular flexibility index (Phi) is 5.18. The van der Waals surface area contributed by atoms with Gasteiger partial charge in [-0.25, -0.2) is 0 Å². The predicted molar refractivity (Wildman–Crippen MR) is 118 cm³/mol. The van der Waals surface area contributed by atoms with Gasteiger partial charge in [-0.2, -0.15) is 0 Å². The van der Waals surface area contributed by atoms with Crippen molar-refractivity contribution >= 4 is 11.6 Å². The molecule has 1 N–H and O–H groups in total. The molecule has 2 aromatic carbocycles. The summed E-state index contributed by atoms with van der Waals surface area (Å²) in [4.78, 5) is 21.6. The van der Waals surface area contributed by atoms with Gasteiger partial charge in [0, 0.05) is 54.7 Å². The zero-order valence-corrected chi connectivity index (χ0v) is 17.4. The number of ether oxygens (including phenoxy) is 1. The maximum atomic E-state index is 13.4. The molecule has 1 fully saturated rings. The van der Waals surface area contributed by atoms with E-state index in [-0.39, 0.29) is 30.5 Å². The van der Waals surface area contributed by atoms with Crippen molar-refractivity contribution < 1.29 is 14.6 Å². The number of likely N-dealkylation sites (tertiary alicyclic amines) is 1. The van der Waals surface area contributed by atoms with Gasteiger partial charge in [-0.3, -0.25) is 14.7 Å². The number of aliphatic hydroxyl groups is 1. The molecule has 0 unspecified atom stereocenters. The van der Waals surface area contributed by atoms with Crippen molar-refractivity contribution in [1.82, 2.24) is 9.88 Å². The lowest BCUT2D eigenvalue weighted by Crippen LogP contribution is -2.68. The summed E-state index contributed by atoms with van der Waals surface area (Å²) in [5, 5.41) is 10.2. The number of carbonyl (C=O) groups excluding carboxylic acids is 1. The quantitative estimate of drug-likeness (QED) is 0.694. The lowest BCUT2D eigenvalue weighted by atomic mass is 9.71. The summed E-state index contributed by atoms with van der Waals surface area (Å²) in [7, 11) is 1.67. The number of amides is 1. The van der Waals surface area contributed by atoms with E-state index in [1.807, 2.05) is 41.3 Å². The molecule has 3 atom stereocenters. The molecule has 31 heavy (non-hydrogen) atoms. The summed E-state index contributed by atoms with van der Waals surface area (Å²) in [5.41, 5.74) is 3.69. The third kappa shape index (κ3) is 3.28. The van der Waals surface area contributed by atoms with Gasteiger partial charge in [-0.15, -0.1) is 0 Å². The second-order valence-corrected chi connectivity index (χ2v) is 8.04. The van der Waals surface area contributed by atoms with Crippen LogP contribution >= 0.6 is 0 Å². The molecule has 3 heterocycles. The summed E-state index contributed by atoms with van der Waals surface area (Å²) >= 11 is 0. The Balaban J connectivity index is 1.50. The minimum absolute atomic E-state index is 0.00621. The third-order valence-electron chi connectivity index (χ3n) is 6.52. The van der Waals surface area contributed by atoms with E-state index in [2.05, 4.69) is 22.0 Å². The van der Waals surface area contributed by atoms with Gasteiger partial charge >= 0.3 is 0 Å². The van der Waals surface area contributed by atoms with Crippen molar-refractivity contribution in [1.29, 1.82) is 0 Å². The lowest BCUT2D eigenvalue weighted by molar-refractivity contribution is -0.0491. The molecule has 1 amide bonds. The van der Waals surface area contributed by atoms with Gasteiger partial charge in [-0.05, 0) is 29.8 Å². The fourth-order valence-corrected chi connectivity index (χ4v) is 5.07. The number of para-hydroxylation sites is 2. The van der Waals surface area contributed by atoms with Gasteiger partial charge in [-0.1, -0.05) is 36.4 Å². The number of hydrogen-bond acceptors (Lipinski definition) is 5. The van der Waals surface area contributed by atoms with E-state index < -0.39 is 0 Å². The number of aromatic nitrogens is 1. The van der Waals surface area contributed by atoms with E-state index >= 15 is 0 Å². The number of rotatable bonds is 5. The molecule has 1 saturated heterocycles. The number of methoxy groups -OCH3 is 1. The van der Waals surface area contributed by atoms with Gasteiger partial charge in [0.25, 0.3) is 5.91 Å². The maximum absolute atomic E-state index is 13.4. The number of benzene rings is 2. The topological polar surface area (TPSA) is 65.9 Å². The highest BCUT2D eigenvalue weighted by molar-refractivity contribution is 6.06. The molecule has 2 aliphatic heterocycles. The number of anilines is 1. The Labute approximate surface area is 181 Å². The molecule has 6 heteroatoms. The first-order valence-corrected chi connectivity index (χ1v) is 10.5. The largest absolute Gasteiger partial charge is 0.496 e. The summed E-state index contributed by atoms with van der Waals surface area (Å²) in [5.74, 6) is 0.972. The van der Waals surface area contributed by atoms with E-state index in [9.17, 15) is 9.90 Å². The summed E-state index contributed by atoms with van der Waals surface area (Å²) < 4.78 is 5.53. The minimum atomic E-state index is -0.0521. The molecular weight excluding hydrogens is 390 g/mol. The van der Waals surface area contributed by atoms with Crippen LogP contribution in [0.15, 0.2) is 73.1 Å². The second-order valence-electron chi connectivity index (χ2n) is 8.04. The number of carbonyl (C=O) groups is 1. The molecule has 0 saturated carbocycles. The molecule has 3 aromatic rings. The first kappa shape index (κ1) is 19.7. The Morgan fingerprint density at radius 2 is 1.94 bits per heavy atom. The fraction of sp³-hybridized carbons (Fsp3) is 0.280. The van der Waals surface area contributed by atoms with Crippen LogP contribution < -0.4 is 9.64 Å². The Morgan fingerprint density at radius 3 is 2.71 bits per heavy atom. The SMILES string of the molecule is COc1ccccc1CN1[C@@H](CO)[C@@H]2c3ccccc3N(C(=O)c3cccnc3)C[C@@H]21. The van der Waals surface area contributed by atoms with Crippen molar-refractivity contribution in [2.45, 2.75) is 24.5 Å². The number of aliphatic hydroxyl groups excluding tert-OH is 1. The van der Waals surface area contributed by atoms with Crippen LogP contribution in [0.1, 0.15) is 27.4 Å². The van der Waals surface area contributed by atoms with E-state index in [0.717, 1.165) is 22.6 Å². The van der Waals surface area contributed by atoms with Crippen molar-refractivity contribution in [3.8, 4) is 5.75 Å². The van der Waals surface area contributed by atoms with Crippen LogP contribution in [-0.4, -0.2) is 53.2 Å². The zero-order chi connectivity index (χ0) is 21.4. The Hall–Kier alpha value is -3.22. The summed E-state index contributed by atoms with van der Waals surface area (Å²) in [6.45, 7) is 1.30. The molecule has 0 bridgehead atoms. The van der Waals surface area contributed by atoms with Gasteiger partial charge < -0.3 is 14.7 Å². The second kappa shape index (κ2) is 8.13. The number of fused-ring (bicyclic) bond motifs is 3. The standard InChI is InChI=1S/C25H25N3O3/c1-31-23-11-5-2-7-18(23)14-27-21-15-28(25(30)17-8-6-12-26-13-17)20-10-4-3-9-19(20)24(21)22(27)16-29/h2-13,21-22,24,29H,14-16H2,1H3/t21-,22-,24+/m0/s1. The summed E-state index contributed by atoms with van der Waals surface area (Å²) in [6.07, 6.45) is 3.28. The molecule has 0 aliphatic carbocycles. The van der Waals surface area contributed by atoms with E-state index in [4.69, 9.17) is 4.74 Å². The molecular formula is C25H25N3O3. The van der Waals surface area contributed by atoms with Crippen LogP contribution in [0.25, 0.3) is 0 Å². The number of nitrogens with zero attached hydrogens (tertiary/aromatic N) is 3. The molecule has 5 rings (SSSR count). The molecule has 2 aliphatic rings. The van der Waals surface area contributed by atoms with Crippen molar-refractivity contribution in [2.24, 2.45) is 0 Å². The normalized spacial score (nSPS) is 22.3. The van der Waals surface area contributed by atoms with Gasteiger partial charge in [0.15, 0.2) is 0 Å². The first-order valence-electron chi connectivity index (χ1n) is 10.5. The monoisotopic (exact) mass is 415 g/mol. The molecule has 0 radical (unpaired) electrons. The molecule has 1 aromatic heterocycles. The molecule has 0 spiro atoms. The van der Waals surface area contributed by atoms with Crippen molar-refractivity contribution in [3.63, 3.8) is 0 Å². The highest BCUT2D eigenvalue weighted by Crippen LogP contribution is 2.49. The average Bonchev–Trinajstić information content (AvgIpc) is 2.83. The lowest BCUT2D eigenvalue weighted by Gasteiger charge is -2.59. The van der Waals surface area contributed by atoms with Gasteiger partial charge in [0.2, 0.25) is 0 Å². The number of hydrogen-bond donors (Lipinski definition) is 1. The van der Waals surface area contributed by atoms with E-state index in [1.54, 1.807) is 31.6 Å². The first-order chi connectivity index (χ1) is 15.2. The Bertz CT molecular complexity index is 1090. The van der Waals surface area contributed by atoms with Crippen LogP contribution in [0.5, 0.6) is 5.75 Å². The average molecular weight is 415 g/mol. The summed E-state index contributed by atoms with van der Waals surface area (Å²) in [6, 6.07) is 19.7. The minimum Gasteiger partial charge on any atom is -0.496 e. The van der Waals surface area contributed by atoms with Crippen molar-refractivity contribution in [2.75, 3.05) is 25.2 Å². The van der Waals surface area contributed by atoms with E-state index in [0.29, 0.717) is 18.7 Å². The highest BCUT2D eigenvalue weighted by atomic mass is 16.5. The fourth-order valence-electron chi connectivity index (χ4n) is 5.07. The zero-order valence-electron chi connectivity index (χ0n) is 17.4. The van der Waals surface area contributed by atoms with Crippen LogP contribution in [0.4, 0.5) is 5.69 Å². The van der Waals surface area contributed by atoms with Crippen LogP contribution in [0.2, 0.25) is 0 Å². The van der Waals surface area contributed by atoms with Crippen LogP contribution in [0.3, 0.4) is 0 Å². The number of pyridine rings is 1. The molecule has 158 valence electrons. The smallest absolute Gasteiger partial charge is 0.259 e. The van der Waals surface area contributed by atoms with E-state index in [1.165, 1.54) is 0 Å². The Morgan fingerprint density at radius 1 is 1.13 bits per heavy atom. The van der Waals surface area contributed by atoms with Gasteiger partial charge in [0.1, 0.15) is 5.75 Å². The predicted octanol–water partition coefficient (Wildman–Crippen LogP) is 3.08. The van der Waals surface area contributed by atoms with Crippen LogP contribution in [-0.2, 0) is 6.54 Å². The highest BCUT2D eigenvalue weighted by Gasteiger charge is 2.53. The maximum Gasteiger partial charge on any atom is 0.259 e. The third-order valence-corrected chi connectivity index (χ3v) is 6.52. The van der Waals surface area contributed by atoms with Gasteiger partial charge in [0.05, 0.1) is 19.3 Å². The van der Waals surface area contributed by atoms with Crippen molar-refractivity contribution in [3.05, 3.63) is 89.7 Å². The van der Waals surface area contributed by atoms with Crippen LogP contribution in [0, 0.1) is 0 Å². The molecule has 6 nitrogen and oxygen atoms in total.